The summed E-state index contributed by atoms with van der Waals surface area (Å²) in [5.41, 5.74) is 5.33. The number of benzene rings is 4. The first-order valence-corrected chi connectivity index (χ1v) is 17.7. The lowest BCUT2D eigenvalue weighted by molar-refractivity contribution is -0.104. The van der Waals surface area contributed by atoms with Gasteiger partial charge in [0, 0.05) is 70.3 Å². The number of ether oxygens (including phenoxy) is 1. The maximum Gasteiger partial charge on any atom is 0.153 e. The number of fused-ring (bicyclic) bond motifs is 1. The minimum Gasteiger partial charge on any atom is -0.508 e. The van der Waals surface area contributed by atoms with Crippen LogP contribution >= 0.6 is 0 Å². The van der Waals surface area contributed by atoms with E-state index in [0.29, 0.717) is 5.92 Å². The third kappa shape index (κ3) is 13.4. The Labute approximate surface area is 303 Å². The number of aromatic hydroxyl groups is 1. The standard InChI is InChI=1S/C21H26N2O2.C9H8O.C7H8O2.C5H12N2/c1-22-9-11-23(12-10-22)21-14-18(17-5-3-2-4-6-17)19-13-16(15-24)7-8-20(19)25-21;10-8-4-7-9-5-2-1-3-6-9;8-5-6-1-3-7(9)4-2-6;1-7-4-2-6-3-5-7/h2-8,13,18,21,24H,9-12,14-15H2,1H3;1-8H;1-4,8-9H,5H2;6H,2-5H2,1H3/b;7-4+;;. The Morgan fingerprint density at radius 1 is 0.745 bits per heavy atom. The summed E-state index contributed by atoms with van der Waals surface area (Å²) in [7, 11) is 4.33. The summed E-state index contributed by atoms with van der Waals surface area (Å²) in [6.07, 6.45) is 5.09. The van der Waals surface area contributed by atoms with Crippen molar-refractivity contribution in [2.45, 2.75) is 31.8 Å². The van der Waals surface area contributed by atoms with Gasteiger partial charge in [-0.15, -0.1) is 0 Å². The SMILES string of the molecule is CN1CCN(C2CC(c3ccccc3)c3cc(CO)ccc3O2)CC1.CN1CCNCC1.O=C/C=C/c1ccccc1.OCc1ccc(O)cc1. The predicted molar refractivity (Wildman–Crippen MR) is 205 cm³/mol. The second-order valence-electron chi connectivity index (χ2n) is 12.9. The minimum absolute atomic E-state index is 0.0281. The maximum absolute atomic E-state index is 9.89. The molecule has 3 aliphatic rings. The molecule has 7 rings (SSSR count). The van der Waals surface area contributed by atoms with E-state index >= 15 is 0 Å². The highest BCUT2D eigenvalue weighted by Gasteiger charge is 2.34. The number of aldehydes is 1. The van der Waals surface area contributed by atoms with Gasteiger partial charge in [-0.25, -0.2) is 0 Å². The number of carbonyl (C=O) groups is 1. The summed E-state index contributed by atoms with van der Waals surface area (Å²) in [4.78, 5) is 17.1. The maximum atomic E-state index is 9.89. The summed E-state index contributed by atoms with van der Waals surface area (Å²) in [6.45, 7) is 9.11. The van der Waals surface area contributed by atoms with Crippen molar-refractivity contribution in [2.75, 3.05) is 66.5 Å². The lowest BCUT2D eigenvalue weighted by Crippen LogP contribution is -2.52. The highest BCUT2D eigenvalue weighted by atomic mass is 16.5. The molecule has 0 saturated carbocycles. The zero-order valence-corrected chi connectivity index (χ0v) is 30.0. The molecule has 9 heteroatoms. The number of likely N-dealkylation sites (N-methyl/N-ethyl adjacent to an activating group) is 2. The van der Waals surface area contributed by atoms with Gasteiger partial charge in [-0.05, 0) is 66.7 Å². The van der Waals surface area contributed by atoms with Crippen molar-refractivity contribution in [3.05, 3.63) is 137 Å². The summed E-state index contributed by atoms with van der Waals surface area (Å²) >= 11 is 0. The van der Waals surface area contributed by atoms with E-state index < -0.39 is 0 Å². The van der Waals surface area contributed by atoms with E-state index in [2.05, 4.69) is 70.5 Å². The van der Waals surface area contributed by atoms with E-state index in [4.69, 9.17) is 14.9 Å². The van der Waals surface area contributed by atoms with Gasteiger partial charge in [0.1, 0.15) is 17.8 Å². The van der Waals surface area contributed by atoms with Crippen LogP contribution in [0.2, 0.25) is 0 Å². The largest absolute Gasteiger partial charge is 0.508 e. The van der Waals surface area contributed by atoms with E-state index in [9.17, 15) is 9.90 Å². The van der Waals surface area contributed by atoms with Crippen LogP contribution in [0.3, 0.4) is 0 Å². The van der Waals surface area contributed by atoms with Crippen molar-refractivity contribution in [3.8, 4) is 11.5 Å². The molecule has 2 saturated heterocycles. The number of phenols is 1. The van der Waals surface area contributed by atoms with Crippen molar-refractivity contribution in [1.82, 2.24) is 20.0 Å². The quantitative estimate of drug-likeness (QED) is 0.164. The summed E-state index contributed by atoms with van der Waals surface area (Å²) in [5, 5.41) is 30.1. The second kappa shape index (κ2) is 21.8. The molecular formula is C42H54N4O5. The zero-order chi connectivity index (χ0) is 36.3. The molecule has 2 atom stereocenters. The number of phenolic OH excluding ortho intramolecular Hbond substituents is 1. The fourth-order valence-electron chi connectivity index (χ4n) is 6.03. The molecule has 0 bridgehead atoms. The number of carbonyl (C=O) groups excluding carboxylic acids is 1. The van der Waals surface area contributed by atoms with Crippen LogP contribution in [-0.2, 0) is 18.0 Å². The fourth-order valence-corrected chi connectivity index (χ4v) is 6.03. The number of nitrogens with zero attached hydrogens (tertiary/aromatic N) is 3. The Hall–Kier alpha value is -4.35. The molecule has 9 nitrogen and oxygen atoms in total. The lowest BCUT2D eigenvalue weighted by atomic mass is 9.84. The monoisotopic (exact) mass is 694 g/mol. The first kappa shape index (κ1) is 39.4. The van der Waals surface area contributed by atoms with Gasteiger partial charge in [-0.1, -0.05) is 84.9 Å². The van der Waals surface area contributed by atoms with Crippen LogP contribution in [0.5, 0.6) is 11.5 Å². The van der Waals surface area contributed by atoms with Crippen LogP contribution in [0, 0.1) is 0 Å². The Balaban J connectivity index is 0.000000183. The number of rotatable bonds is 6. The highest BCUT2D eigenvalue weighted by molar-refractivity contribution is 5.73. The van der Waals surface area contributed by atoms with Crippen LogP contribution in [0.15, 0.2) is 109 Å². The fraction of sp³-hybridized carbons (Fsp3) is 0.357. The smallest absolute Gasteiger partial charge is 0.153 e. The number of nitrogens with one attached hydrogen (secondary N) is 1. The van der Waals surface area contributed by atoms with Gasteiger partial charge in [-0.3, -0.25) is 9.69 Å². The number of aliphatic hydroxyl groups excluding tert-OH is 2. The highest BCUT2D eigenvalue weighted by Crippen LogP contribution is 2.41. The van der Waals surface area contributed by atoms with E-state index in [1.165, 1.54) is 30.3 Å². The number of hydrogen-bond donors (Lipinski definition) is 4. The van der Waals surface area contributed by atoms with Gasteiger partial charge in [-0.2, -0.15) is 0 Å². The molecule has 4 N–H and O–H groups in total. The molecular weight excluding hydrogens is 640 g/mol. The van der Waals surface area contributed by atoms with Crippen molar-refractivity contribution in [2.24, 2.45) is 0 Å². The Morgan fingerprint density at radius 3 is 1.90 bits per heavy atom. The lowest BCUT2D eigenvalue weighted by Gasteiger charge is -2.42. The first-order chi connectivity index (χ1) is 24.9. The first-order valence-electron chi connectivity index (χ1n) is 17.7. The molecule has 0 radical (unpaired) electrons. The zero-order valence-electron chi connectivity index (χ0n) is 30.0. The van der Waals surface area contributed by atoms with Gasteiger partial charge >= 0.3 is 0 Å². The molecule has 3 aliphatic heterocycles. The second-order valence-corrected chi connectivity index (χ2v) is 12.9. The van der Waals surface area contributed by atoms with E-state index in [-0.39, 0.29) is 25.2 Å². The molecule has 4 aromatic rings. The average molecular weight is 695 g/mol. The van der Waals surface area contributed by atoms with Crippen LogP contribution in [0.4, 0.5) is 0 Å². The van der Waals surface area contributed by atoms with Crippen molar-refractivity contribution < 1.29 is 24.9 Å². The van der Waals surface area contributed by atoms with Gasteiger partial charge in [0.2, 0.25) is 0 Å². The van der Waals surface area contributed by atoms with Gasteiger partial charge in [0.05, 0.1) is 13.2 Å². The van der Waals surface area contributed by atoms with E-state index in [1.807, 2.05) is 42.5 Å². The van der Waals surface area contributed by atoms with Crippen molar-refractivity contribution in [3.63, 3.8) is 0 Å². The molecule has 0 aromatic heterocycles. The summed E-state index contributed by atoms with van der Waals surface area (Å²) in [5.74, 6) is 1.49. The number of aliphatic hydroxyl groups is 2. The Bertz CT molecular complexity index is 1570. The van der Waals surface area contributed by atoms with Gasteiger partial charge < -0.3 is 35.2 Å². The summed E-state index contributed by atoms with van der Waals surface area (Å²) in [6, 6.07) is 32.9. The van der Waals surface area contributed by atoms with Gasteiger partial charge in [0.25, 0.3) is 0 Å². The number of piperazine rings is 2. The third-order valence-electron chi connectivity index (χ3n) is 9.11. The van der Waals surface area contributed by atoms with E-state index in [1.54, 1.807) is 30.3 Å². The molecule has 2 fully saturated rings. The average Bonchev–Trinajstić information content (AvgIpc) is 3.19. The predicted octanol–water partition coefficient (Wildman–Crippen LogP) is 4.97. The summed E-state index contributed by atoms with van der Waals surface area (Å²) < 4.78 is 6.38. The van der Waals surface area contributed by atoms with Crippen LogP contribution < -0.4 is 10.1 Å². The number of hydrogen-bond acceptors (Lipinski definition) is 9. The van der Waals surface area contributed by atoms with Crippen LogP contribution in [-0.4, -0.2) is 109 Å². The topological polar surface area (TPSA) is 109 Å². The molecule has 51 heavy (non-hydrogen) atoms. The molecule has 0 amide bonds. The van der Waals surface area contributed by atoms with Crippen molar-refractivity contribution in [1.29, 1.82) is 0 Å². The van der Waals surface area contributed by atoms with Gasteiger partial charge in [0.15, 0.2) is 6.23 Å². The minimum atomic E-state index is 0.0281. The Morgan fingerprint density at radius 2 is 1.33 bits per heavy atom. The molecule has 3 heterocycles. The molecule has 4 aromatic carbocycles. The molecule has 2 unspecified atom stereocenters. The normalized spacial score (nSPS) is 19.1. The van der Waals surface area contributed by atoms with Crippen LogP contribution in [0.1, 0.15) is 40.2 Å². The number of allylic oxidation sites excluding steroid dienone is 1. The van der Waals surface area contributed by atoms with E-state index in [0.717, 1.165) is 74.4 Å². The molecule has 0 spiro atoms. The molecule has 0 aliphatic carbocycles. The molecule has 272 valence electrons. The van der Waals surface area contributed by atoms with Crippen molar-refractivity contribution >= 4 is 12.4 Å². The van der Waals surface area contributed by atoms with Crippen LogP contribution in [0.25, 0.3) is 6.08 Å². The Kier molecular flexibility index (Phi) is 16.8. The third-order valence-corrected chi connectivity index (χ3v) is 9.11.